The summed E-state index contributed by atoms with van der Waals surface area (Å²) in [5, 5.41) is 139. The van der Waals surface area contributed by atoms with E-state index < -0.39 is 268 Å². The first-order chi connectivity index (χ1) is 55.8. The molecule has 11 bridgehead atoms. The lowest BCUT2D eigenvalue weighted by Gasteiger charge is -2.51. The Balaban J connectivity index is 1.10. The minimum atomic E-state index is -3.69. The van der Waals surface area contributed by atoms with E-state index in [0.29, 0.717) is 6.42 Å². The highest BCUT2D eigenvalue weighted by Gasteiger charge is 2.57. The number of likely N-dealkylation sites (N-methyl/N-ethyl adjacent to an activating group) is 1. The Morgan fingerprint density at radius 1 is 0.703 bits per heavy atom. The minimum absolute atomic E-state index is 0.0182. The van der Waals surface area contributed by atoms with Crippen LogP contribution in [0.5, 0.6) is 17.2 Å². The third kappa shape index (κ3) is 23.0. The first-order valence-electron chi connectivity index (χ1n) is 42.1. The average molecular weight is 1730 g/mol. The van der Waals surface area contributed by atoms with Gasteiger partial charge < -0.3 is 129 Å². The number of carboxylic acids is 1. The Labute approximate surface area is 698 Å². The van der Waals surface area contributed by atoms with Crippen molar-refractivity contribution >= 4 is 80.5 Å². The summed E-state index contributed by atoms with van der Waals surface area (Å²) in [5.74, 6) is -20.2. The first-order valence-corrected chi connectivity index (χ1v) is 44.7. The van der Waals surface area contributed by atoms with E-state index in [0.717, 1.165) is 38.5 Å². The zero-order valence-corrected chi connectivity index (χ0v) is 70.3. The number of ether oxygens (including phenoxy) is 5. The Morgan fingerprint density at radius 3 is 1.92 bits per heavy atom. The van der Waals surface area contributed by atoms with Crippen molar-refractivity contribution in [1.29, 1.82) is 0 Å². The molecule has 668 valence electrons. The molecule has 23 N–H and O–H groups in total. The number of aliphatic hydroxyl groups excluding tert-OH is 9. The summed E-state index contributed by atoms with van der Waals surface area (Å²) in [5.41, 5.74) is 10.9. The van der Waals surface area contributed by atoms with E-state index in [1.54, 1.807) is 13.8 Å². The lowest BCUT2D eigenvalue weighted by atomic mass is 9.58. The van der Waals surface area contributed by atoms with Crippen LogP contribution >= 0.6 is 23.2 Å². The van der Waals surface area contributed by atoms with Crippen molar-refractivity contribution in [3.63, 3.8) is 0 Å². The number of carbonyl (C=O) groups is 8. The van der Waals surface area contributed by atoms with Crippen molar-refractivity contribution in [3.8, 4) is 17.2 Å². The van der Waals surface area contributed by atoms with E-state index >= 15 is 24.0 Å². The molecule has 7 fully saturated rings. The smallest absolute Gasteiger partial charge is 0.326 e. The van der Waals surface area contributed by atoms with Gasteiger partial charge in [0.1, 0.15) is 66.8 Å². The van der Waals surface area contributed by atoms with Crippen LogP contribution < -0.4 is 72.9 Å². The maximum atomic E-state index is 16.5. The fraction of sp³-hybridized carbons (Fsp3) is 0.823. The van der Waals surface area contributed by atoms with Crippen molar-refractivity contribution in [3.05, 3.63) is 17.7 Å². The van der Waals surface area contributed by atoms with Crippen LogP contribution in [0, 0.1) is 53.3 Å². The van der Waals surface area contributed by atoms with E-state index in [-0.39, 0.29) is 131 Å². The summed E-state index contributed by atoms with van der Waals surface area (Å²) in [7, 11) is -2.17. The molecule has 0 aromatic heterocycles. The lowest BCUT2D eigenvalue weighted by molar-refractivity contribution is -0.286. The van der Waals surface area contributed by atoms with Gasteiger partial charge in [-0.1, -0.05) is 59.3 Å². The number of sulfonamides is 1. The van der Waals surface area contributed by atoms with E-state index in [2.05, 4.69) is 54.2 Å². The van der Waals surface area contributed by atoms with Gasteiger partial charge in [-0.15, -0.1) is 23.2 Å². The van der Waals surface area contributed by atoms with Crippen molar-refractivity contribution < 1.29 is 122 Å². The Kier molecular flexibility index (Phi) is 33.4. The second kappa shape index (κ2) is 41.7. The molecule has 1 aromatic carbocycles. The Hall–Kier alpha value is -5.69. The number of primary amides is 1. The van der Waals surface area contributed by atoms with Gasteiger partial charge in [0.05, 0.1) is 77.8 Å². The molecule has 4 unspecified atom stereocenters. The van der Waals surface area contributed by atoms with E-state index in [9.17, 15) is 73.9 Å². The number of hydrogen-bond acceptors (Lipinski definition) is 27. The first kappa shape index (κ1) is 94.6. The van der Waals surface area contributed by atoms with Crippen LogP contribution in [-0.2, 0) is 57.9 Å². The predicted octanol–water partition coefficient (Wildman–Crippen LogP) is -1.97. The number of unbranched alkanes of at least 4 members (excludes halogenated alkanes) is 6. The number of carboxylic acid groups (broad SMARTS) is 1. The van der Waals surface area contributed by atoms with Gasteiger partial charge in [-0.3, -0.25) is 33.6 Å². The summed E-state index contributed by atoms with van der Waals surface area (Å²) in [6.07, 6.45) is -16.8. The van der Waals surface area contributed by atoms with Gasteiger partial charge in [0, 0.05) is 50.0 Å². The van der Waals surface area contributed by atoms with Crippen LogP contribution in [0.25, 0.3) is 0 Å². The number of rotatable bonds is 27. The van der Waals surface area contributed by atoms with Gasteiger partial charge in [0.25, 0.3) is 0 Å². The van der Waals surface area contributed by atoms with E-state index in [1.807, 2.05) is 13.8 Å². The maximum absolute atomic E-state index is 16.5. The second-order valence-electron chi connectivity index (χ2n) is 35.1. The highest BCUT2D eigenvalue weighted by molar-refractivity contribution is 7.89. The molecule has 5 saturated carbocycles. The van der Waals surface area contributed by atoms with Crippen LogP contribution in [0.3, 0.4) is 0 Å². The number of benzene rings is 1. The highest BCUT2D eigenvalue weighted by atomic mass is 35.5. The van der Waals surface area contributed by atoms with Crippen LogP contribution in [-0.4, -0.2) is 284 Å². The molecule has 6 aliphatic heterocycles. The summed E-state index contributed by atoms with van der Waals surface area (Å²) in [4.78, 5) is 120. The van der Waals surface area contributed by atoms with Gasteiger partial charge in [0.2, 0.25) is 57.1 Å². The second-order valence-corrected chi connectivity index (χ2v) is 38.2. The van der Waals surface area contributed by atoms with Crippen molar-refractivity contribution in [2.45, 2.75) is 314 Å². The molecule has 5 aliphatic carbocycles. The zero-order chi connectivity index (χ0) is 86.1. The number of fused-ring (bicyclic) bond motifs is 15. The third-order valence-electron chi connectivity index (χ3n) is 26.0. The molecular formula is C79H127Cl2N11O25S. The van der Waals surface area contributed by atoms with Crippen LogP contribution in [0.2, 0.25) is 0 Å². The number of halogens is 2. The number of aliphatic hydroxyl groups is 9. The molecule has 6 heterocycles. The van der Waals surface area contributed by atoms with Crippen molar-refractivity contribution in [2.75, 3.05) is 39.0 Å². The van der Waals surface area contributed by atoms with Gasteiger partial charge >= 0.3 is 5.97 Å². The quantitative estimate of drug-likeness (QED) is 0.0335. The number of carbonyl (C=O) groups excluding carboxylic acids is 7. The Bertz CT molecular complexity index is 3730. The van der Waals surface area contributed by atoms with Crippen LogP contribution in [0.4, 0.5) is 0 Å². The minimum Gasteiger partial charge on any atom is -0.485 e. The van der Waals surface area contributed by atoms with Gasteiger partial charge in [-0.05, 0) is 163 Å². The molecule has 0 radical (unpaired) electrons. The molecule has 32 atom stereocenters. The van der Waals surface area contributed by atoms with Crippen molar-refractivity contribution in [2.24, 2.45) is 64.7 Å². The van der Waals surface area contributed by atoms with E-state index in [1.165, 1.54) is 19.2 Å². The molecular weight excluding hydrogens is 1610 g/mol. The van der Waals surface area contributed by atoms with Gasteiger partial charge in [0.15, 0.2) is 17.8 Å². The molecule has 7 amide bonds. The standard InChI is InChI=1S/C79H127Cl2N11O25S/c1-7-8-9-10-11-12-13-22-118(111,112)86-21-20-85-33-44-50(95)30-43-58(67(44)100)42-24-37(14-17-49(42)94)59-74(105)92-63(77(108)90-61(43)78(109)110)65(98)39-16-19-52(46(81)26-39)115-54-28-40-27-53(69(54)116-55-29-41(34-93)66(99)68(101)70(55)117-57-32-79(5,83)71(102)36(4)113-57)114-51-18-15-38(25-45(51)80)64(97)62(91-72(103)47(84-6)23-35(2)3)76(107)87-48(31-56(82)96)73(104)88-60(40)75(106)89-59/h27-28,35-39,41-52,55,57-68,70-71,84-86,93-95,97-102H,7-26,29-34,83H2,1-6H3,(H2,82,96)(H,87,107)(H,88,104)(H,89,106)(H,90,108)(H,91,103)(H,92,105)(H,109,110)/t36-,37-,38-,39-,41+,42?,43?,44?,45+,46-,47+,48-,49+,50-,51+,52+,55+,57-,58?,59+,60+,61-,62+,63-,64+,65+,66+,67-,68-,70-,71+,79-/m0/s1. The molecule has 118 heavy (non-hydrogen) atoms. The largest absolute Gasteiger partial charge is 0.485 e. The van der Waals surface area contributed by atoms with Crippen LogP contribution in [0.15, 0.2) is 12.1 Å². The topological polar surface area (TPSA) is 579 Å². The summed E-state index contributed by atoms with van der Waals surface area (Å²) < 4.78 is 62.5. The maximum Gasteiger partial charge on any atom is 0.326 e. The van der Waals surface area contributed by atoms with Gasteiger partial charge in [-0.25, -0.2) is 17.9 Å². The van der Waals surface area contributed by atoms with E-state index in [4.69, 9.17) is 58.4 Å². The molecule has 0 spiro atoms. The Morgan fingerprint density at radius 2 is 1.32 bits per heavy atom. The summed E-state index contributed by atoms with van der Waals surface area (Å²) in [6, 6.07) is -10.5. The molecule has 11 aliphatic rings. The fourth-order valence-corrected chi connectivity index (χ4v) is 21.3. The normalized spacial score (nSPS) is 39.1. The number of aliphatic carboxylic acids is 1. The number of amides is 7. The SMILES string of the molecule is CCCCCCCCCS(=O)(=O)NCCNCC1[C@H](O)C2C3C[C@H](CC[C@H]3O)[C@H]3NC(=O)[C@@H]4NC(=O)[C@H](CC(N)=O)NC(=O)[C@H](NC(=O)[C@@H](CC(C)C)NC)[C@H](O)[C@H]5CC[C@@H](Oc6cc4cc(c6O[C@@H]4C[C@H](CO)[C@@H](O)[C@H](O)[C@H]4O[C@H]4C[C@](C)(N)[C@H](O)[C@H](C)O4)O[C@@H]4CC[C@@H](C[C@@H]4Cl)[C@@H](O)[C@H](NC3=O)C(=O)N[C@H](C(=O)O)C2C[C@@H]1O)[C@H](Cl)C5. The molecule has 36 nitrogen and oxygen atoms in total. The average Bonchev–Trinajstić information content (AvgIpc) is 0.758. The van der Waals surface area contributed by atoms with Crippen molar-refractivity contribution in [1.82, 2.24) is 47.3 Å². The molecule has 1 aromatic rings. The number of nitrogens with two attached hydrogens (primary N) is 2. The lowest BCUT2D eigenvalue weighted by Crippen LogP contribution is -2.66. The fourth-order valence-electron chi connectivity index (χ4n) is 19.3. The number of hydrogen-bond donors (Lipinski definition) is 21. The molecule has 2 saturated heterocycles. The third-order valence-corrected chi connectivity index (χ3v) is 28.4. The van der Waals surface area contributed by atoms with Crippen LogP contribution in [0.1, 0.15) is 181 Å². The predicted molar refractivity (Wildman–Crippen MR) is 426 cm³/mol. The molecule has 12 rings (SSSR count). The monoisotopic (exact) mass is 1730 g/mol. The number of alkyl halides is 2. The highest BCUT2D eigenvalue weighted by Crippen LogP contribution is 2.51. The molecule has 39 heteroatoms. The summed E-state index contributed by atoms with van der Waals surface area (Å²) in [6.45, 7) is 8.02. The number of nitrogens with one attached hydrogen (secondary N) is 9. The summed E-state index contributed by atoms with van der Waals surface area (Å²) >= 11 is 14.9. The van der Waals surface area contributed by atoms with Gasteiger partial charge in [-0.2, -0.15) is 0 Å². The zero-order valence-electron chi connectivity index (χ0n) is 67.9.